The predicted octanol–water partition coefficient (Wildman–Crippen LogP) is 30.7. The Morgan fingerprint density at radius 2 is 0.578 bits per heavy atom. The molecule has 128 heavy (non-hydrogen) atoms. The van der Waals surface area contributed by atoms with E-state index in [-0.39, 0.29) is 23.1 Å². The Morgan fingerprint density at radius 1 is 0.320 bits per heavy atom. The van der Waals surface area contributed by atoms with E-state index in [1.165, 1.54) is 17.3 Å². The van der Waals surface area contributed by atoms with Gasteiger partial charge in [-0.05, 0) is 387 Å². The Morgan fingerprint density at radius 3 is 0.875 bits per heavy atom. The average molecular weight is 1810 g/mol. The maximum atomic E-state index is 12.9. The van der Waals surface area contributed by atoms with Gasteiger partial charge >= 0.3 is 0 Å². The molecule has 660 valence electrons. The number of benzene rings is 13. The second kappa shape index (κ2) is 41.5. The van der Waals surface area contributed by atoms with Gasteiger partial charge in [-0.25, -0.2) is 9.97 Å². The molecule has 0 aliphatic carbocycles. The topological polar surface area (TPSA) is 134 Å². The number of hydrogen-bond donors (Lipinski definition) is 0. The quantitative estimate of drug-likeness (QED) is 0.0716. The van der Waals surface area contributed by atoms with Gasteiger partial charge in [-0.2, -0.15) is 0 Å². The molecule has 11 nitrogen and oxygen atoms in total. The van der Waals surface area contributed by atoms with Crippen LogP contribution in [0.4, 0.5) is 0 Å². The second-order valence-corrected chi connectivity index (χ2v) is 39.1. The van der Waals surface area contributed by atoms with Crippen molar-refractivity contribution in [3.05, 3.63) is 318 Å². The zero-order valence-corrected chi connectivity index (χ0v) is 81.3. The number of aromatic nitrogens is 2. The molecule has 0 bridgehead atoms. The molecule has 0 N–H and O–H groups in total. The summed E-state index contributed by atoms with van der Waals surface area (Å²) < 4.78 is 25.2. The van der Waals surface area contributed by atoms with Gasteiger partial charge in [-0.3, -0.25) is 24.1 Å². The molecule has 16 heteroatoms. The zero-order chi connectivity index (χ0) is 93.3. The highest BCUT2D eigenvalue weighted by molar-refractivity contribution is 6.32. The maximum absolute atomic E-state index is 12.9. The molecule has 14 rings (SSSR count). The van der Waals surface area contributed by atoms with E-state index in [0.717, 1.165) is 155 Å². The van der Waals surface area contributed by atoms with Crippen molar-refractivity contribution in [3.63, 3.8) is 0 Å². The van der Waals surface area contributed by atoms with Crippen LogP contribution >= 0.6 is 58.0 Å². The normalized spacial score (nSPS) is 12.7. The lowest BCUT2D eigenvalue weighted by Gasteiger charge is -2.30. The third kappa shape index (κ3) is 24.3. The number of aryl methyl sites for hydroxylation is 5. The van der Waals surface area contributed by atoms with Crippen molar-refractivity contribution in [1.29, 1.82) is 0 Å². The Hall–Kier alpha value is -10.5. The molecule has 13 aromatic carbocycles. The van der Waals surface area contributed by atoms with Crippen LogP contribution in [0.1, 0.15) is 191 Å². The zero-order valence-electron chi connectivity index (χ0n) is 77.5. The third-order valence-electron chi connectivity index (χ3n) is 21.5. The third-order valence-corrected chi connectivity index (χ3v) is 22.8. The number of rotatable bonds is 19. The molecule has 0 aliphatic heterocycles. The molecule has 4 unspecified atom stereocenters. The first kappa shape index (κ1) is 98.1. The van der Waals surface area contributed by atoms with Crippen LogP contribution in [-0.2, 0) is 38.1 Å². The summed E-state index contributed by atoms with van der Waals surface area (Å²) >= 11 is 30.9. The summed E-state index contributed by atoms with van der Waals surface area (Å²) in [6.45, 7) is 41.0. The summed E-state index contributed by atoms with van der Waals surface area (Å²) in [5.41, 5.74) is 20.1. The fraction of sp³-hybridized carbons (Fsp3) is 0.286. The van der Waals surface area contributed by atoms with Gasteiger partial charge in [-0.15, -0.1) is 0 Å². The standard InChI is InChI=1S/C30H28Cl2O2.C29H32ClNO2.C28H27ClN2O2.C25H27ClO2/c1-18-17-26-24(20-9-13-22(31)14-10-20)7-6-8-25(26)28(21-11-15-23(32)16-12-21)27(18)29(19(2)33)34-30(3,4)5;1-19-18-25-21(11-9-17-31(6)7)10-8-12-24(25)27(22-13-15-23(30)16-14-22)26(19)28(20(2)32)33-29(3,4)5;1-17-13-24-22(20-14-30-16-31-15-20)7-6-8-23(24)26(19-9-11-21(29)12-10-19)25(17)27(18(2)32)33-28(3,4)5;1-15-8-7-9-20-21(15)14-16(2)22(24(17(3)27)28-25(4,5)6)23(20)18-10-12-19(26)13-11-18/h6-17,29H,1-5H3;8,10,12-16,18,28H,17H2,1-7H3;6-16,27H,1-5H3;7-14,24H,1-6H3. The van der Waals surface area contributed by atoms with Gasteiger partial charge in [-0.1, -0.05) is 215 Å². The number of hydrogen-bond acceptors (Lipinski definition) is 11. The van der Waals surface area contributed by atoms with E-state index < -0.39 is 46.8 Å². The Labute approximate surface area is 780 Å². The minimum Gasteiger partial charge on any atom is -0.360 e. The lowest BCUT2D eigenvalue weighted by atomic mass is 9.84. The van der Waals surface area contributed by atoms with E-state index in [4.69, 9.17) is 77.0 Å². The van der Waals surface area contributed by atoms with Crippen molar-refractivity contribution in [1.82, 2.24) is 14.9 Å². The summed E-state index contributed by atoms with van der Waals surface area (Å²) in [5, 5.41) is 12.0. The van der Waals surface area contributed by atoms with Gasteiger partial charge in [0.1, 0.15) is 30.7 Å². The van der Waals surface area contributed by atoms with Crippen LogP contribution in [0.5, 0.6) is 0 Å². The highest BCUT2D eigenvalue weighted by atomic mass is 35.5. The number of carbonyl (C=O) groups excluding carboxylic acids is 4. The van der Waals surface area contributed by atoms with Crippen molar-refractivity contribution in [2.75, 3.05) is 20.6 Å². The number of ether oxygens (including phenoxy) is 4. The maximum Gasteiger partial charge on any atom is 0.163 e. The number of halogens is 5. The van der Waals surface area contributed by atoms with Crippen molar-refractivity contribution in [2.45, 2.75) is 192 Å². The van der Waals surface area contributed by atoms with Gasteiger partial charge in [0.25, 0.3) is 0 Å². The first-order valence-electron chi connectivity index (χ1n) is 42.9. The predicted molar refractivity (Wildman–Crippen MR) is 535 cm³/mol. The first-order valence-corrected chi connectivity index (χ1v) is 44.8. The first-order chi connectivity index (χ1) is 60.3. The number of Topliss-reactive ketones (excluding diaryl/α,β-unsaturated/α-hetero) is 4. The lowest BCUT2D eigenvalue weighted by Crippen LogP contribution is -2.27. The van der Waals surface area contributed by atoms with E-state index >= 15 is 0 Å². The van der Waals surface area contributed by atoms with Gasteiger partial charge in [0.15, 0.2) is 23.1 Å². The molecule has 1 heterocycles. The number of carbonyl (C=O) groups is 4. The Balaban J connectivity index is 0.000000166. The average Bonchev–Trinajstić information content (AvgIpc) is 0.754. The van der Waals surface area contributed by atoms with Crippen LogP contribution in [0.15, 0.2) is 237 Å². The van der Waals surface area contributed by atoms with Crippen molar-refractivity contribution in [3.8, 4) is 78.6 Å². The molecule has 0 spiro atoms. The van der Waals surface area contributed by atoms with Crippen LogP contribution < -0.4 is 0 Å². The van der Waals surface area contributed by atoms with Crippen LogP contribution in [0.2, 0.25) is 25.1 Å². The van der Waals surface area contributed by atoms with Crippen LogP contribution in [-0.4, -0.2) is 81.0 Å². The van der Waals surface area contributed by atoms with E-state index in [9.17, 15) is 19.2 Å². The molecule has 0 fully saturated rings. The van der Waals surface area contributed by atoms with Crippen molar-refractivity contribution in [2.24, 2.45) is 0 Å². The molecule has 0 radical (unpaired) electrons. The molecular formula is C112H114Cl5N3O8. The Bertz CT molecular complexity index is 6490. The number of fused-ring (bicyclic) bond motifs is 4. The summed E-state index contributed by atoms with van der Waals surface area (Å²) in [7, 11) is 4.01. The smallest absolute Gasteiger partial charge is 0.163 e. The highest BCUT2D eigenvalue weighted by Gasteiger charge is 2.35. The van der Waals surface area contributed by atoms with Gasteiger partial charge in [0.05, 0.1) is 28.9 Å². The monoisotopic (exact) mass is 1800 g/mol. The minimum absolute atomic E-state index is 0.000224. The van der Waals surface area contributed by atoms with E-state index in [0.29, 0.717) is 31.7 Å². The van der Waals surface area contributed by atoms with E-state index in [2.05, 4.69) is 121 Å². The summed E-state index contributed by atoms with van der Waals surface area (Å²) in [6.07, 6.45) is 2.47. The Kier molecular flexibility index (Phi) is 31.8. The number of nitrogens with zero attached hydrogens (tertiary/aromatic N) is 3. The van der Waals surface area contributed by atoms with E-state index in [1.54, 1.807) is 27.7 Å². The molecule has 4 atom stereocenters. The lowest BCUT2D eigenvalue weighted by molar-refractivity contribution is -0.139. The SMILES string of the molecule is CC(=O)C(OC(C)(C)C)c1c(C)cc2c(-c3ccc(Cl)cc3)cccc2c1-c1ccc(Cl)cc1.CC(=O)C(OC(C)(C)C)c1c(C)cc2c(-c3cncnc3)cccc2c1-c1ccc(Cl)cc1.CC(=O)C(OC(C)(C)C)c1c(C)cc2c(C#CCN(C)C)cccc2c1-c1ccc(Cl)cc1.CC(=O)C(OC(C)(C)C)c1c(C)cc2c(C)cccc2c1-c1ccc(Cl)cc1. The van der Waals surface area contributed by atoms with E-state index in [1.807, 2.05) is 268 Å². The summed E-state index contributed by atoms with van der Waals surface area (Å²) in [4.78, 5) is 61.7. The summed E-state index contributed by atoms with van der Waals surface area (Å²) in [5.74, 6) is 6.50. The molecular weight excluding hydrogens is 1690 g/mol. The highest BCUT2D eigenvalue weighted by Crippen LogP contribution is 2.49. The number of ketones is 4. The van der Waals surface area contributed by atoms with Gasteiger partial charge in [0.2, 0.25) is 0 Å². The summed E-state index contributed by atoms with van der Waals surface area (Å²) in [6, 6.07) is 72.4. The molecule has 0 amide bonds. The van der Waals surface area contributed by atoms with Crippen LogP contribution in [0.3, 0.4) is 0 Å². The largest absolute Gasteiger partial charge is 0.360 e. The van der Waals surface area contributed by atoms with Crippen molar-refractivity contribution >= 4 is 124 Å². The minimum atomic E-state index is -0.691. The van der Waals surface area contributed by atoms with Crippen molar-refractivity contribution < 1.29 is 38.1 Å². The molecule has 0 saturated heterocycles. The van der Waals surface area contributed by atoms with Gasteiger partial charge < -0.3 is 18.9 Å². The molecule has 1 aromatic heterocycles. The molecule has 0 aliphatic rings. The molecule has 14 aromatic rings. The fourth-order valence-electron chi connectivity index (χ4n) is 16.3. The second-order valence-electron chi connectivity index (χ2n) is 36.9. The van der Waals surface area contributed by atoms with Crippen LogP contribution in [0, 0.1) is 46.5 Å². The van der Waals surface area contributed by atoms with Gasteiger partial charge in [0, 0.05) is 48.6 Å². The fourth-order valence-corrected chi connectivity index (χ4v) is 16.9. The molecule has 0 saturated carbocycles. The van der Waals surface area contributed by atoms with Crippen LogP contribution in [0.25, 0.3) is 110 Å².